The summed E-state index contributed by atoms with van der Waals surface area (Å²) >= 11 is 0. The van der Waals surface area contributed by atoms with Crippen molar-refractivity contribution in [2.45, 2.75) is 58.3 Å². The predicted molar refractivity (Wildman–Crippen MR) is 122 cm³/mol. The van der Waals surface area contributed by atoms with Crippen molar-refractivity contribution in [3.63, 3.8) is 0 Å². The highest BCUT2D eigenvalue weighted by Gasteiger charge is 2.25. The number of carbonyl (C=O) groups is 3. The lowest BCUT2D eigenvalue weighted by molar-refractivity contribution is -0.159. The van der Waals surface area contributed by atoms with Crippen molar-refractivity contribution in [3.8, 4) is 0 Å². The largest absolute Gasteiger partial charge is 0.473 e. The summed E-state index contributed by atoms with van der Waals surface area (Å²) in [7, 11) is 0. The molecule has 7 heteroatoms. The van der Waals surface area contributed by atoms with Crippen LogP contribution >= 0.6 is 0 Å². The fourth-order valence-corrected chi connectivity index (χ4v) is 4.33. The molecular formula is C25H35NO6. The van der Waals surface area contributed by atoms with Crippen molar-refractivity contribution in [2.24, 2.45) is 5.92 Å². The van der Waals surface area contributed by atoms with E-state index in [2.05, 4.69) is 24.0 Å². The zero-order chi connectivity index (χ0) is 23.3. The lowest BCUT2D eigenvalue weighted by Gasteiger charge is -2.29. The molecule has 0 unspecified atom stereocenters. The maximum Gasteiger partial charge on any atom is 0.414 e. The molecule has 0 aromatic heterocycles. The van der Waals surface area contributed by atoms with Gasteiger partial charge in [-0.3, -0.25) is 4.90 Å². The van der Waals surface area contributed by atoms with Crippen molar-refractivity contribution in [2.75, 3.05) is 26.2 Å². The van der Waals surface area contributed by atoms with E-state index in [1.807, 2.05) is 18.2 Å². The van der Waals surface area contributed by atoms with E-state index in [0.717, 1.165) is 43.0 Å². The number of carbonyl (C=O) groups excluding carboxylic acids is 1. The summed E-state index contributed by atoms with van der Waals surface area (Å²) < 4.78 is 5.69. The number of rotatable bonds is 7. The quantitative estimate of drug-likeness (QED) is 0.368. The van der Waals surface area contributed by atoms with Crippen molar-refractivity contribution in [1.29, 1.82) is 0 Å². The Labute approximate surface area is 190 Å². The van der Waals surface area contributed by atoms with Crippen molar-refractivity contribution >= 4 is 23.5 Å². The Morgan fingerprint density at radius 3 is 2.28 bits per heavy atom. The second kappa shape index (κ2) is 13.7. The van der Waals surface area contributed by atoms with Gasteiger partial charge in [0.25, 0.3) is 0 Å². The number of hydrogen-bond acceptors (Lipinski definition) is 5. The Morgan fingerprint density at radius 1 is 1.03 bits per heavy atom. The summed E-state index contributed by atoms with van der Waals surface area (Å²) in [5.41, 5.74) is 3.20. The van der Waals surface area contributed by atoms with Gasteiger partial charge in [-0.15, -0.1) is 0 Å². The number of carboxylic acid groups (broad SMARTS) is 2. The van der Waals surface area contributed by atoms with Gasteiger partial charge in [-0.05, 0) is 42.9 Å². The molecule has 176 valence electrons. The minimum Gasteiger partial charge on any atom is -0.473 e. The zero-order valence-corrected chi connectivity index (χ0v) is 18.9. The molecule has 0 amide bonds. The van der Waals surface area contributed by atoms with Gasteiger partial charge in [-0.1, -0.05) is 69.4 Å². The average Bonchev–Trinajstić information content (AvgIpc) is 2.83. The molecule has 1 heterocycles. The van der Waals surface area contributed by atoms with Gasteiger partial charge in [0.1, 0.15) is 0 Å². The second-order valence-electron chi connectivity index (χ2n) is 8.33. The van der Waals surface area contributed by atoms with E-state index in [0.29, 0.717) is 13.2 Å². The number of esters is 1. The summed E-state index contributed by atoms with van der Waals surface area (Å²) in [5.74, 6) is -2.90. The molecule has 0 radical (unpaired) electrons. The van der Waals surface area contributed by atoms with Crippen LogP contribution in [0.1, 0.15) is 63.9 Å². The third kappa shape index (κ3) is 8.46. The molecule has 1 saturated carbocycles. The highest BCUT2D eigenvalue weighted by atomic mass is 16.5. The van der Waals surface area contributed by atoms with Gasteiger partial charge >= 0.3 is 17.9 Å². The van der Waals surface area contributed by atoms with Gasteiger partial charge in [-0.2, -0.15) is 0 Å². The van der Waals surface area contributed by atoms with Gasteiger partial charge in [0.2, 0.25) is 0 Å². The van der Waals surface area contributed by atoms with Crippen molar-refractivity contribution in [1.82, 2.24) is 4.90 Å². The SMILES string of the molecule is CCN1CCC(c2ccccc2)=C(C(=O)OCCCC2CCCCC2)C1.O=C(O)C(=O)O. The molecule has 3 rings (SSSR count). The van der Waals surface area contributed by atoms with Crippen LogP contribution in [0.25, 0.3) is 5.57 Å². The molecule has 2 N–H and O–H groups in total. The summed E-state index contributed by atoms with van der Waals surface area (Å²) in [6.07, 6.45) is 10.0. The van der Waals surface area contributed by atoms with Crippen molar-refractivity contribution in [3.05, 3.63) is 41.5 Å². The first-order valence-electron chi connectivity index (χ1n) is 11.6. The molecule has 1 fully saturated rings. The van der Waals surface area contributed by atoms with Crippen LogP contribution in [-0.4, -0.2) is 59.3 Å². The minimum absolute atomic E-state index is 0.106. The summed E-state index contributed by atoms with van der Waals surface area (Å²) in [6.45, 7) is 5.41. The maximum absolute atomic E-state index is 12.8. The molecule has 1 aromatic rings. The number of likely N-dealkylation sites (N-methyl/N-ethyl adjacent to an activating group) is 1. The summed E-state index contributed by atoms with van der Waals surface area (Å²) in [4.78, 5) is 33.3. The molecule has 32 heavy (non-hydrogen) atoms. The predicted octanol–water partition coefficient (Wildman–Crippen LogP) is 4.23. The zero-order valence-electron chi connectivity index (χ0n) is 18.9. The molecule has 0 atom stereocenters. The lowest BCUT2D eigenvalue weighted by Crippen LogP contribution is -2.34. The number of aliphatic carboxylic acids is 2. The Hall–Kier alpha value is -2.67. The fourth-order valence-electron chi connectivity index (χ4n) is 4.33. The van der Waals surface area contributed by atoms with E-state index in [-0.39, 0.29) is 5.97 Å². The van der Waals surface area contributed by atoms with E-state index in [9.17, 15) is 4.79 Å². The van der Waals surface area contributed by atoms with Gasteiger partial charge in [0, 0.05) is 13.1 Å². The molecule has 1 aromatic carbocycles. The number of carboxylic acids is 2. The van der Waals surface area contributed by atoms with Crippen LogP contribution in [0, 0.1) is 5.92 Å². The molecule has 1 aliphatic heterocycles. The number of benzene rings is 1. The second-order valence-corrected chi connectivity index (χ2v) is 8.33. The van der Waals surface area contributed by atoms with E-state index in [4.69, 9.17) is 24.5 Å². The Balaban J connectivity index is 0.000000534. The number of ether oxygens (including phenoxy) is 1. The first-order valence-corrected chi connectivity index (χ1v) is 11.6. The molecule has 1 aliphatic carbocycles. The van der Waals surface area contributed by atoms with E-state index in [1.165, 1.54) is 44.1 Å². The van der Waals surface area contributed by atoms with Crippen LogP contribution in [0.5, 0.6) is 0 Å². The molecule has 7 nitrogen and oxygen atoms in total. The fraction of sp³-hybridized carbons (Fsp3) is 0.560. The van der Waals surface area contributed by atoms with E-state index in [1.54, 1.807) is 0 Å². The normalized spacial score (nSPS) is 17.3. The van der Waals surface area contributed by atoms with Gasteiger partial charge < -0.3 is 14.9 Å². The standard InChI is InChI=1S/C23H33NO2.C2H2O4/c1-2-24-16-15-21(20-13-7-4-8-14-20)22(18-24)23(25)26-17-9-12-19-10-5-3-6-11-19;3-1(4)2(5)6/h4,7-8,13-14,19H,2-3,5-6,9-12,15-18H2,1H3;(H,3,4)(H,5,6). The van der Waals surface area contributed by atoms with Crippen LogP contribution in [0.2, 0.25) is 0 Å². The van der Waals surface area contributed by atoms with Gasteiger partial charge in [0.05, 0.1) is 12.2 Å². The van der Waals surface area contributed by atoms with E-state index >= 15 is 0 Å². The monoisotopic (exact) mass is 445 g/mol. The smallest absolute Gasteiger partial charge is 0.414 e. The molecule has 2 aliphatic rings. The Kier molecular flexibility index (Phi) is 10.9. The highest BCUT2D eigenvalue weighted by Crippen LogP contribution is 2.29. The van der Waals surface area contributed by atoms with Crippen LogP contribution in [0.3, 0.4) is 0 Å². The topological polar surface area (TPSA) is 104 Å². The van der Waals surface area contributed by atoms with Crippen molar-refractivity contribution < 1.29 is 29.3 Å². The van der Waals surface area contributed by atoms with Crippen LogP contribution < -0.4 is 0 Å². The Bertz CT molecular complexity index is 771. The molecule has 0 saturated heterocycles. The summed E-state index contributed by atoms with van der Waals surface area (Å²) in [6, 6.07) is 10.3. The summed E-state index contributed by atoms with van der Waals surface area (Å²) in [5, 5.41) is 14.8. The number of hydrogen-bond donors (Lipinski definition) is 2. The third-order valence-corrected chi connectivity index (χ3v) is 6.14. The van der Waals surface area contributed by atoms with E-state index < -0.39 is 11.9 Å². The highest BCUT2D eigenvalue weighted by molar-refractivity contribution is 6.27. The molecule has 0 bridgehead atoms. The molecular weight excluding hydrogens is 410 g/mol. The Morgan fingerprint density at radius 2 is 1.69 bits per heavy atom. The third-order valence-electron chi connectivity index (χ3n) is 6.14. The van der Waals surface area contributed by atoms with Crippen LogP contribution in [0.15, 0.2) is 35.9 Å². The van der Waals surface area contributed by atoms with Crippen LogP contribution in [0.4, 0.5) is 0 Å². The number of nitrogens with zero attached hydrogens (tertiary/aromatic N) is 1. The van der Waals surface area contributed by atoms with Gasteiger partial charge in [0.15, 0.2) is 0 Å². The lowest BCUT2D eigenvalue weighted by atomic mass is 9.86. The first-order chi connectivity index (χ1) is 15.4. The van der Waals surface area contributed by atoms with Gasteiger partial charge in [-0.25, -0.2) is 14.4 Å². The maximum atomic E-state index is 12.8. The molecule has 0 spiro atoms. The minimum atomic E-state index is -1.82. The average molecular weight is 446 g/mol. The van der Waals surface area contributed by atoms with Crippen LogP contribution in [-0.2, 0) is 19.1 Å². The first kappa shape index (κ1) is 25.6.